The molecule has 0 fully saturated rings. The van der Waals surface area contributed by atoms with E-state index in [4.69, 9.17) is 4.74 Å². The number of benzene rings is 3. The van der Waals surface area contributed by atoms with Crippen LogP contribution in [0.5, 0.6) is 5.75 Å². The Balaban J connectivity index is 1.48. The van der Waals surface area contributed by atoms with E-state index < -0.39 is 10.0 Å². The van der Waals surface area contributed by atoms with Crippen molar-refractivity contribution in [2.45, 2.75) is 37.5 Å². The number of amides is 1. The molecule has 6 nitrogen and oxygen atoms in total. The molecule has 33 heavy (non-hydrogen) atoms. The van der Waals surface area contributed by atoms with Crippen molar-refractivity contribution in [2.24, 2.45) is 0 Å². The number of sulfonamides is 1. The Labute approximate surface area is 196 Å². The summed E-state index contributed by atoms with van der Waals surface area (Å²) in [7, 11) is -3.62. The summed E-state index contributed by atoms with van der Waals surface area (Å²) in [5.74, 6) is 0.285. The van der Waals surface area contributed by atoms with E-state index in [0.717, 1.165) is 5.56 Å². The molecule has 0 saturated heterocycles. The standard InChI is InChI=1S/C26H30N2O4S/c1-26(2,3)21-9-13-23(14-10-21)32-19-25(29)28-22-11-15-24(16-12-22)33(30,31)27-18-17-20-7-5-4-6-8-20/h4-16,27H,17-19H2,1-3H3,(H,28,29). The summed E-state index contributed by atoms with van der Waals surface area (Å²) in [6.45, 7) is 6.56. The molecular weight excluding hydrogens is 436 g/mol. The Morgan fingerprint density at radius 2 is 1.52 bits per heavy atom. The van der Waals surface area contributed by atoms with Gasteiger partial charge in [0, 0.05) is 12.2 Å². The average Bonchev–Trinajstić information content (AvgIpc) is 2.78. The smallest absolute Gasteiger partial charge is 0.262 e. The third-order valence-electron chi connectivity index (χ3n) is 5.09. The third kappa shape index (κ3) is 7.44. The minimum absolute atomic E-state index is 0.0486. The van der Waals surface area contributed by atoms with Crippen molar-refractivity contribution in [2.75, 3.05) is 18.5 Å². The summed E-state index contributed by atoms with van der Waals surface area (Å²) in [5.41, 5.74) is 2.79. The van der Waals surface area contributed by atoms with Gasteiger partial charge in [0.2, 0.25) is 10.0 Å². The SMILES string of the molecule is CC(C)(C)c1ccc(OCC(=O)Nc2ccc(S(=O)(=O)NCCc3ccccc3)cc2)cc1. The molecule has 0 spiro atoms. The number of hydrogen-bond acceptors (Lipinski definition) is 4. The number of rotatable bonds is 9. The molecule has 7 heteroatoms. The summed E-state index contributed by atoms with van der Waals surface area (Å²) < 4.78 is 33.1. The fraction of sp³-hybridized carbons (Fsp3) is 0.269. The van der Waals surface area contributed by atoms with Gasteiger partial charge in [-0.25, -0.2) is 13.1 Å². The van der Waals surface area contributed by atoms with Crippen molar-refractivity contribution >= 4 is 21.6 Å². The van der Waals surface area contributed by atoms with Crippen molar-refractivity contribution < 1.29 is 17.9 Å². The van der Waals surface area contributed by atoms with E-state index >= 15 is 0 Å². The summed E-state index contributed by atoms with van der Waals surface area (Å²) in [6.07, 6.45) is 0.604. The van der Waals surface area contributed by atoms with Gasteiger partial charge in [-0.1, -0.05) is 63.2 Å². The van der Waals surface area contributed by atoms with Crippen LogP contribution in [0.25, 0.3) is 0 Å². The third-order valence-corrected chi connectivity index (χ3v) is 6.56. The Morgan fingerprint density at radius 3 is 2.12 bits per heavy atom. The fourth-order valence-corrected chi connectivity index (χ4v) is 4.20. The number of anilines is 1. The van der Waals surface area contributed by atoms with Crippen molar-refractivity contribution in [3.8, 4) is 5.75 Å². The molecular formula is C26H30N2O4S. The Kier molecular flexibility index (Phi) is 7.89. The molecule has 3 rings (SSSR count). The zero-order chi connectivity index (χ0) is 23.9. The highest BCUT2D eigenvalue weighted by molar-refractivity contribution is 7.89. The molecule has 3 aromatic carbocycles. The van der Waals surface area contributed by atoms with Gasteiger partial charge in [0.25, 0.3) is 5.91 Å². The predicted molar refractivity (Wildman–Crippen MR) is 131 cm³/mol. The van der Waals surface area contributed by atoms with Gasteiger partial charge >= 0.3 is 0 Å². The second-order valence-corrected chi connectivity index (χ2v) is 10.5. The van der Waals surface area contributed by atoms with Crippen LogP contribution >= 0.6 is 0 Å². The molecule has 3 aromatic rings. The lowest BCUT2D eigenvalue weighted by Gasteiger charge is -2.19. The van der Waals surface area contributed by atoms with Crippen LogP contribution in [0, 0.1) is 0 Å². The molecule has 0 saturated carbocycles. The van der Waals surface area contributed by atoms with Crippen LogP contribution in [-0.2, 0) is 26.7 Å². The molecule has 174 valence electrons. The number of carbonyl (C=O) groups excluding carboxylic acids is 1. The molecule has 0 aromatic heterocycles. The molecule has 0 aliphatic rings. The van der Waals surface area contributed by atoms with Gasteiger partial charge in [-0.15, -0.1) is 0 Å². The average molecular weight is 467 g/mol. The topological polar surface area (TPSA) is 84.5 Å². The van der Waals surface area contributed by atoms with E-state index in [9.17, 15) is 13.2 Å². The van der Waals surface area contributed by atoms with Crippen LogP contribution in [0.3, 0.4) is 0 Å². The molecule has 0 unspecified atom stereocenters. The highest BCUT2D eigenvalue weighted by Crippen LogP contribution is 2.24. The number of carbonyl (C=O) groups is 1. The van der Waals surface area contributed by atoms with Gasteiger partial charge < -0.3 is 10.1 Å². The van der Waals surface area contributed by atoms with E-state index in [2.05, 4.69) is 30.8 Å². The highest BCUT2D eigenvalue weighted by Gasteiger charge is 2.15. The summed E-state index contributed by atoms with van der Waals surface area (Å²) >= 11 is 0. The second-order valence-electron chi connectivity index (χ2n) is 8.77. The van der Waals surface area contributed by atoms with E-state index in [1.165, 1.54) is 17.7 Å². The molecule has 0 bridgehead atoms. The zero-order valence-corrected chi connectivity index (χ0v) is 20.0. The van der Waals surface area contributed by atoms with E-state index in [0.29, 0.717) is 24.4 Å². The minimum Gasteiger partial charge on any atom is -0.484 e. The molecule has 0 aliphatic heterocycles. The normalized spacial score (nSPS) is 11.7. The van der Waals surface area contributed by atoms with Gasteiger partial charge in [-0.2, -0.15) is 0 Å². The summed E-state index contributed by atoms with van der Waals surface area (Å²) in [5, 5.41) is 2.71. The lowest BCUT2D eigenvalue weighted by Crippen LogP contribution is -2.26. The lowest BCUT2D eigenvalue weighted by molar-refractivity contribution is -0.118. The van der Waals surface area contributed by atoms with Gasteiger partial charge in [0.05, 0.1) is 4.90 Å². The van der Waals surface area contributed by atoms with Gasteiger partial charge in [0.15, 0.2) is 6.61 Å². The van der Waals surface area contributed by atoms with Crippen LogP contribution < -0.4 is 14.8 Å². The van der Waals surface area contributed by atoms with Gasteiger partial charge in [-0.3, -0.25) is 4.79 Å². The first-order chi connectivity index (χ1) is 15.6. The number of nitrogens with one attached hydrogen (secondary N) is 2. The first-order valence-corrected chi connectivity index (χ1v) is 12.3. The maximum Gasteiger partial charge on any atom is 0.262 e. The molecule has 2 N–H and O–H groups in total. The van der Waals surface area contributed by atoms with Crippen LogP contribution in [0.1, 0.15) is 31.9 Å². The first-order valence-electron chi connectivity index (χ1n) is 10.8. The van der Waals surface area contributed by atoms with Gasteiger partial charge in [-0.05, 0) is 59.4 Å². The monoisotopic (exact) mass is 466 g/mol. The largest absolute Gasteiger partial charge is 0.484 e. The van der Waals surface area contributed by atoms with E-state index in [1.807, 2.05) is 54.6 Å². The van der Waals surface area contributed by atoms with Crippen molar-refractivity contribution in [1.82, 2.24) is 4.72 Å². The summed E-state index contributed by atoms with van der Waals surface area (Å²) in [6, 6.07) is 23.4. The van der Waals surface area contributed by atoms with Gasteiger partial charge in [0.1, 0.15) is 5.75 Å². The maximum absolute atomic E-state index is 12.5. The van der Waals surface area contributed by atoms with Crippen LogP contribution in [0.4, 0.5) is 5.69 Å². The Morgan fingerprint density at radius 1 is 0.879 bits per heavy atom. The van der Waals surface area contributed by atoms with E-state index in [1.54, 1.807) is 12.1 Å². The van der Waals surface area contributed by atoms with E-state index in [-0.39, 0.29) is 22.8 Å². The van der Waals surface area contributed by atoms with Crippen LogP contribution in [0.15, 0.2) is 83.8 Å². The second kappa shape index (κ2) is 10.6. The Hall–Kier alpha value is -3.16. The quantitative estimate of drug-likeness (QED) is 0.486. The molecule has 1 amide bonds. The number of hydrogen-bond donors (Lipinski definition) is 2. The van der Waals surface area contributed by atoms with Crippen molar-refractivity contribution in [3.63, 3.8) is 0 Å². The predicted octanol–water partition coefficient (Wildman–Crippen LogP) is 4.52. The molecule has 0 heterocycles. The maximum atomic E-state index is 12.5. The first kappa shape index (κ1) is 24.5. The minimum atomic E-state index is -3.62. The van der Waals surface area contributed by atoms with Crippen LogP contribution in [0.2, 0.25) is 0 Å². The molecule has 0 radical (unpaired) electrons. The highest BCUT2D eigenvalue weighted by atomic mass is 32.2. The Bertz CT molecular complexity index is 1150. The van der Waals surface area contributed by atoms with Crippen molar-refractivity contribution in [3.05, 3.63) is 90.0 Å². The van der Waals surface area contributed by atoms with Crippen LogP contribution in [-0.4, -0.2) is 27.5 Å². The van der Waals surface area contributed by atoms with Crippen molar-refractivity contribution in [1.29, 1.82) is 0 Å². The summed E-state index contributed by atoms with van der Waals surface area (Å²) in [4.78, 5) is 12.3. The molecule has 0 atom stereocenters. The number of ether oxygens (including phenoxy) is 1. The lowest BCUT2D eigenvalue weighted by atomic mass is 9.87. The molecule has 0 aliphatic carbocycles. The zero-order valence-electron chi connectivity index (χ0n) is 19.2. The fourth-order valence-electron chi connectivity index (χ4n) is 3.17.